The molecule has 1 amide bonds. The van der Waals surface area contributed by atoms with Crippen molar-refractivity contribution in [1.82, 2.24) is 4.57 Å². The van der Waals surface area contributed by atoms with Crippen LogP contribution in [0.5, 0.6) is 0 Å². The summed E-state index contributed by atoms with van der Waals surface area (Å²) in [4.78, 5) is 23.4. The Balaban J connectivity index is 1.97. The Hall–Kier alpha value is -2.88. The third-order valence-corrected chi connectivity index (χ3v) is 3.77. The molecule has 0 aliphatic heterocycles. The van der Waals surface area contributed by atoms with Crippen LogP contribution >= 0.6 is 0 Å². The van der Waals surface area contributed by atoms with Gasteiger partial charge in [0.1, 0.15) is 0 Å². The number of rotatable bonds is 3. The van der Waals surface area contributed by atoms with Gasteiger partial charge < -0.3 is 9.88 Å². The zero-order chi connectivity index (χ0) is 16.2. The minimum Gasteiger partial charge on any atom is -0.326 e. The lowest BCUT2D eigenvalue weighted by molar-refractivity contribution is -0.114. The van der Waals surface area contributed by atoms with Crippen molar-refractivity contribution >= 4 is 11.6 Å². The van der Waals surface area contributed by atoms with E-state index >= 15 is 0 Å². The third-order valence-electron chi connectivity index (χ3n) is 3.77. The number of aromatic nitrogens is 1. The molecule has 0 fully saturated rings. The van der Waals surface area contributed by atoms with Gasteiger partial charge in [-0.15, -0.1) is 0 Å². The second-order valence-corrected chi connectivity index (χ2v) is 5.54. The number of benzene rings is 1. The van der Waals surface area contributed by atoms with Crippen molar-refractivity contribution < 1.29 is 4.79 Å². The molecule has 1 aromatic heterocycles. The minimum absolute atomic E-state index is 0.0169. The molecule has 23 heavy (non-hydrogen) atoms. The van der Waals surface area contributed by atoms with E-state index in [9.17, 15) is 9.59 Å². The second-order valence-electron chi connectivity index (χ2n) is 5.54. The summed E-state index contributed by atoms with van der Waals surface area (Å²) < 4.78 is 1.75. The summed E-state index contributed by atoms with van der Waals surface area (Å²) in [6, 6.07) is 11.1. The normalized spacial score (nSPS) is 16.3. The van der Waals surface area contributed by atoms with Gasteiger partial charge in [0, 0.05) is 24.9 Å². The fourth-order valence-corrected chi connectivity index (χ4v) is 2.69. The van der Waals surface area contributed by atoms with E-state index in [4.69, 9.17) is 0 Å². The van der Waals surface area contributed by atoms with Crippen molar-refractivity contribution in [3.63, 3.8) is 0 Å². The lowest BCUT2D eigenvalue weighted by atomic mass is 10.1. The number of hydrogen-bond donors (Lipinski definition) is 1. The highest BCUT2D eigenvalue weighted by Gasteiger charge is 2.11. The van der Waals surface area contributed by atoms with Crippen LogP contribution in [0.4, 0.5) is 5.69 Å². The fraction of sp³-hybridized carbons (Fsp3) is 0.158. The van der Waals surface area contributed by atoms with Crippen LogP contribution in [0.15, 0.2) is 71.7 Å². The molecule has 4 nitrogen and oxygen atoms in total. The van der Waals surface area contributed by atoms with E-state index in [2.05, 4.69) is 11.4 Å². The molecule has 2 aromatic rings. The van der Waals surface area contributed by atoms with Crippen LogP contribution in [0.2, 0.25) is 0 Å². The van der Waals surface area contributed by atoms with Gasteiger partial charge in [0.25, 0.3) is 5.56 Å². The van der Waals surface area contributed by atoms with E-state index in [1.165, 1.54) is 6.92 Å². The largest absolute Gasteiger partial charge is 0.326 e. The standard InChI is InChI=1S/C19H18N2O2/c1-14(22)20-17-7-5-6-15(12-17)16-10-11-19(23)21(13-16)18-8-3-2-4-9-18/h2-8,10-13,18H,9H2,1H3,(H,20,22). The van der Waals surface area contributed by atoms with Crippen molar-refractivity contribution in [3.05, 3.63) is 77.3 Å². The Morgan fingerprint density at radius 1 is 1.17 bits per heavy atom. The first-order valence-corrected chi connectivity index (χ1v) is 7.57. The average Bonchev–Trinajstić information content (AvgIpc) is 2.56. The molecule has 1 heterocycles. The lowest BCUT2D eigenvalue weighted by Crippen LogP contribution is -2.22. The van der Waals surface area contributed by atoms with Gasteiger partial charge in [-0.25, -0.2) is 0 Å². The molecule has 1 unspecified atom stereocenters. The number of nitrogens with zero attached hydrogens (tertiary/aromatic N) is 1. The van der Waals surface area contributed by atoms with Crippen molar-refractivity contribution in [2.45, 2.75) is 19.4 Å². The van der Waals surface area contributed by atoms with Crippen LogP contribution in [0.25, 0.3) is 11.1 Å². The molecule has 1 aliphatic carbocycles. The Morgan fingerprint density at radius 3 is 2.78 bits per heavy atom. The predicted octanol–water partition coefficient (Wildman–Crippen LogP) is 3.53. The molecule has 116 valence electrons. The third kappa shape index (κ3) is 3.48. The fourth-order valence-electron chi connectivity index (χ4n) is 2.69. The molecule has 0 radical (unpaired) electrons. The molecule has 1 N–H and O–H groups in total. The van der Waals surface area contributed by atoms with Crippen LogP contribution in [0, 0.1) is 0 Å². The van der Waals surface area contributed by atoms with E-state index in [0.29, 0.717) is 0 Å². The number of hydrogen-bond acceptors (Lipinski definition) is 2. The van der Waals surface area contributed by atoms with Gasteiger partial charge >= 0.3 is 0 Å². The Bertz CT molecular complexity index is 846. The van der Waals surface area contributed by atoms with Gasteiger partial charge in [-0.1, -0.05) is 36.4 Å². The lowest BCUT2D eigenvalue weighted by Gasteiger charge is -2.17. The number of carbonyl (C=O) groups is 1. The molecule has 1 aliphatic rings. The average molecular weight is 306 g/mol. The zero-order valence-corrected chi connectivity index (χ0v) is 12.9. The first-order valence-electron chi connectivity index (χ1n) is 7.57. The van der Waals surface area contributed by atoms with Gasteiger partial charge in [-0.3, -0.25) is 9.59 Å². The summed E-state index contributed by atoms with van der Waals surface area (Å²) in [5.74, 6) is -0.105. The topological polar surface area (TPSA) is 51.1 Å². The molecular weight excluding hydrogens is 288 g/mol. The highest BCUT2D eigenvalue weighted by atomic mass is 16.1. The van der Waals surface area contributed by atoms with Gasteiger partial charge in [-0.2, -0.15) is 0 Å². The first kappa shape index (κ1) is 15.0. The van der Waals surface area contributed by atoms with Crippen molar-refractivity contribution in [1.29, 1.82) is 0 Å². The van der Waals surface area contributed by atoms with Crippen LogP contribution in [-0.4, -0.2) is 10.5 Å². The van der Waals surface area contributed by atoms with Crippen molar-refractivity contribution in [2.24, 2.45) is 0 Å². The van der Waals surface area contributed by atoms with Gasteiger partial charge in [0.05, 0.1) is 6.04 Å². The van der Waals surface area contributed by atoms with Gasteiger partial charge in [-0.05, 0) is 35.7 Å². The summed E-state index contributed by atoms with van der Waals surface area (Å²) in [6.07, 6.45) is 10.7. The molecule has 0 saturated heterocycles. The maximum absolute atomic E-state index is 12.2. The molecule has 1 aromatic carbocycles. The number of amides is 1. The van der Waals surface area contributed by atoms with Crippen LogP contribution in [-0.2, 0) is 4.79 Å². The van der Waals surface area contributed by atoms with E-state index in [1.807, 2.05) is 54.8 Å². The van der Waals surface area contributed by atoms with Crippen molar-refractivity contribution in [2.75, 3.05) is 5.32 Å². The number of pyridine rings is 1. The van der Waals surface area contributed by atoms with E-state index in [1.54, 1.807) is 10.6 Å². The molecule has 1 atom stereocenters. The zero-order valence-electron chi connectivity index (χ0n) is 12.9. The van der Waals surface area contributed by atoms with Crippen LogP contribution in [0.3, 0.4) is 0 Å². The molecule has 3 rings (SSSR count). The molecular formula is C19H18N2O2. The molecule has 0 bridgehead atoms. The summed E-state index contributed by atoms with van der Waals surface area (Å²) in [5, 5.41) is 2.78. The number of carbonyl (C=O) groups excluding carboxylic acids is 1. The summed E-state index contributed by atoms with van der Waals surface area (Å²) in [7, 11) is 0. The quantitative estimate of drug-likeness (QED) is 0.943. The van der Waals surface area contributed by atoms with Crippen molar-refractivity contribution in [3.8, 4) is 11.1 Å². The SMILES string of the molecule is CC(=O)Nc1cccc(-c2ccc(=O)n(C3C=CC=CC3)c2)c1. The Labute approximate surface area is 134 Å². The minimum atomic E-state index is -0.105. The maximum atomic E-state index is 12.2. The van der Waals surface area contributed by atoms with Gasteiger partial charge in [0.2, 0.25) is 5.91 Å². The summed E-state index contributed by atoms with van der Waals surface area (Å²) in [5.41, 5.74) is 2.63. The van der Waals surface area contributed by atoms with Crippen LogP contribution < -0.4 is 10.9 Å². The van der Waals surface area contributed by atoms with Gasteiger partial charge in [0.15, 0.2) is 0 Å². The number of anilines is 1. The Kier molecular flexibility index (Phi) is 4.24. The molecule has 4 heteroatoms. The first-order chi connectivity index (χ1) is 11.1. The monoisotopic (exact) mass is 306 g/mol. The maximum Gasteiger partial charge on any atom is 0.251 e. The predicted molar refractivity (Wildman–Crippen MR) is 92.4 cm³/mol. The van der Waals surface area contributed by atoms with Crippen LogP contribution in [0.1, 0.15) is 19.4 Å². The van der Waals surface area contributed by atoms with E-state index in [0.717, 1.165) is 23.2 Å². The van der Waals surface area contributed by atoms with E-state index in [-0.39, 0.29) is 17.5 Å². The smallest absolute Gasteiger partial charge is 0.251 e. The second kappa shape index (κ2) is 6.48. The summed E-state index contributed by atoms with van der Waals surface area (Å²) in [6.45, 7) is 1.48. The Morgan fingerprint density at radius 2 is 2.04 bits per heavy atom. The molecule has 0 spiro atoms. The summed E-state index contributed by atoms with van der Waals surface area (Å²) >= 11 is 0. The number of nitrogens with one attached hydrogen (secondary N) is 1. The highest BCUT2D eigenvalue weighted by molar-refractivity contribution is 5.89. The highest BCUT2D eigenvalue weighted by Crippen LogP contribution is 2.24. The number of allylic oxidation sites excluding steroid dienone is 4. The molecule has 0 saturated carbocycles. The van der Waals surface area contributed by atoms with E-state index < -0.39 is 0 Å².